The minimum absolute atomic E-state index is 0.0934. The lowest BCUT2D eigenvalue weighted by Crippen LogP contribution is -2.39. The Kier molecular flexibility index (Phi) is 6.06. The largest absolute Gasteiger partial charge is 0.484 e. The molecule has 22 heavy (non-hydrogen) atoms. The van der Waals surface area contributed by atoms with Gasteiger partial charge in [-0.15, -0.1) is 0 Å². The maximum absolute atomic E-state index is 10.6. The summed E-state index contributed by atoms with van der Waals surface area (Å²) in [6.45, 7) is 1.72. The summed E-state index contributed by atoms with van der Waals surface area (Å²) < 4.78 is 5.22. The highest BCUT2D eigenvalue weighted by Gasteiger charge is 2.20. The molecule has 4 N–H and O–H groups in total. The van der Waals surface area contributed by atoms with E-state index in [4.69, 9.17) is 10.5 Å². The Labute approximate surface area is 131 Å². The summed E-state index contributed by atoms with van der Waals surface area (Å²) in [7, 11) is 1.78. The molecule has 0 bridgehead atoms. The molecule has 0 aromatic heterocycles. The molecule has 1 fully saturated rings. The highest BCUT2D eigenvalue weighted by molar-refractivity contribution is 5.79. The van der Waals surface area contributed by atoms with Gasteiger partial charge in [0.15, 0.2) is 12.6 Å². The summed E-state index contributed by atoms with van der Waals surface area (Å²) >= 11 is 0. The van der Waals surface area contributed by atoms with Crippen molar-refractivity contribution in [3.8, 4) is 5.75 Å². The second-order valence-electron chi connectivity index (χ2n) is 5.47. The van der Waals surface area contributed by atoms with Crippen LogP contribution in [0.1, 0.15) is 18.4 Å². The van der Waals surface area contributed by atoms with Crippen molar-refractivity contribution in [1.29, 1.82) is 0 Å². The Morgan fingerprint density at radius 2 is 2.05 bits per heavy atom. The molecule has 120 valence electrons. The number of primary amides is 1. The summed E-state index contributed by atoms with van der Waals surface area (Å²) in [5.74, 6) is 1.86. The highest BCUT2D eigenvalue weighted by atomic mass is 16.5. The molecule has 6 nitrogen and oxygen atoms in total. The predicted molar refractivity (Wildman–Crippen MR) is 86.9 cm³/mol. The smallest absolute Gasteiger partial charge is 0.255 e. The van der Waals surface area contributed by atoms with E-state index in [0.29, 0.717) is 5.75 Å². The van der Waals surface area contributed by atoms with Crippen molar-refractivity contribution in [2.24, 2.45) is 16.6 Å². The molecule has 0 radical (unpaired) electrons. The van der Waals surface area contributed by atoms with Crippen LogP contribution in [0.3, 0.4) is 0 Å². The number of nitrogens with zero attached hydrogens (tertiary/aromatic N) is 1. The van der Waals surface area contributed by atoms with Gasteiger partial charge in [0.25, 0.3) is 5.91 Å². The number of ether oxygens (including phenoxy) is 1. The van der Waals surface area contributed by atoms with Crippen molar-refractivity contribution in [2.75, 3.05) is 26.7 Å². The van der Waals surface area contributed by atoms with Crippen LogP contribution in [0.2, 0.25) is 0 Å². The number of aliphatic imine (C=N–C) groups is 1. The zero-order chi connectivity index (χ0) is 15.8. The average Bonchev–Trinajstić information content (AvgIpc) is 3.34. The highest BCUT2D eigenvalue weighted by Crippen LogP contribution is 2.27. The molecule has 0 heterocycles. The van der Waals surface area contributed by atoms with Crippen molar-refractivity contribution in [3.63, 3.8) is 0 Å². The van der Waals surface area contributed by atoms with Gasteiger partial charge in [0.05, 0.1) is 0 Å². The van der Waals surface area contributed by atoms with Gasteiger partial charge in [-0.25, -0.2) is 0 Å². The van der Waals surface area contributed by atoms with Crippen LogP contribution in [0.25, 0.3) is 0 Å². The second-order valence-corrected chi connectivity index (χ2v) is 5.47. The van der Waals surface area contributed by atoms with Gasteiger partial charge in [0.1, 0.15) is 5.75 Å². The fourth-order valence-electron chi connectivity index (χ4n) is 2.02. The molecular weight excluding hydrogens is 280 g/mol. The number of hydrogen-bond donors (Lipinski definition) is 3. The summed E-state index contributed by atoms with van der Waals surface area (Å²) in [5.41, 5.74) is 6.23. The van der Waals surface area contributed by atoms with Gasteiger partial charge < -0.3 is 21.1 Å². The number of benzene rings is 1. The van der Waals surface area contributed by atoms with Crippen LogP contribution in [-0.2, 0) is 11.2 Å². The molecule has 0 unspecified atom stereocenters. The first-order valence-corrected chi connectivity index (χ1v) is 7.62. The SMILES string of the molecule is CN=C(NCCc1ccc(OCC(N)=O)cc1)NCC1CC1. The molecule has 0 atom stereocenters. The maximum atomic E-state index is 10.6. The standard InChI is InChI=1S/C16H24N4O2/c1-18-16(20-10-13-2-3-13)19-9-8-12-4-6-14(7-5-12)22-11-15(17)21/h4-7,13H,2-3,8-11H2,1H3,(H2,17,21)(H2,18,19,20). The van der Waals surface area contributed by atoms with Gasteiger partial charge in [-0.1, -0.05) is 12.1 Å². The third-order valence-electron chi connectivity index (χ3n) is 3.49. The molecule has 0 saturated heterocycles. The number of hydrogen-bond acceptors (Lipinski definition) is 3. The molecule has 2 rings (SSSR count). The molecule has 0 aliphatic heterocycles. The normalized spacial score (nSPS) is 14.5. The molecule has 1 aromatic rings. The number of carbonyl (C=O) groups is 1. The number of nitrogens with two attached hydrogens (primary N) is 1. The molecular formula is C16H24N4O2. The number of carbonyl (C=O) groups excluding carboxylic acids is 1. The molecule has 1 saturated carbocycles. The first kappa shape index (κ1) is 16.1. The average molecular weight is 304 g/mol. The third-order valence-corrected chi connectivity index (χ3v) is 3.49. The van der Waals surface area contributed by atoms with E-state index in [0.717, 1.165) is 31.4 Å². The molecule has 1 aromatic carbocycles. The van der Waals surface area contributed by atoms with E-state index in [-0.39, 0.29) is 6.61 Å². The minimum Gasteiger partial charge on any atom is -0.484 e. The van der Waals surface area contributed by atoms with E-state index in [1.165, 1.54) is 18.4 Å². The lowest BCUT2D eigenvalue weighted by atomic mass is 10.1. The number of amides is 1. The topological polar surface area (TPSA) is 88.7 Å². The van der Waals surface area contributed by atoms with Crippen molar-refractivity contribution in [3.05, 3.63) is 29.8 Å². The second kappa shape index (κ2) is 8.26. The van der Waals surface area contributed by atoms with Crippen LogP contribution >= 0.6 is 0 Å². The van der Waals surface area contributed by atoms with Gasteiger partial charge in [0.2, 0.25) is 0 Å². The fourth-order valence-corrected chi connectivity index (χ4v) is 2.02. The number of rotatable bonds is 8. The summed E-state index contributed by atoms with van der Waals surface area (Å²) in [6, 6.07) is 7.66. The first-order valence-electron chi connectivity index (χ1n) is 7.62. The molecule has 1 aliphatic carbocycles. The summed E-state index contributed by atoms with van der Waals surface area (Å²) in [5, 5.41) is 6.63. The Morgan fingerprint density at radius 3 is 2.64 bits per heavy atom. The zero-order valence-corrected chi connectivity index (χ0v) is 13.0. The van der Waals surface area contributed by atoms with E-state index >= 15 is 0 Å². The maximum Gasteiger partial charge on any atom is 0.255 e. The quantitative estimate of drug-likeness (QED) is 0.486. The number of nitrogens with one attached hydrogen (secondary N) is 2. The van der Waals surface area contributed by atoms with Crippen LogP contribution < -0.4 is 21.1 Å². The first-order chi connectivity index (χ1) is 10.7. The molecule has 0 spiro atoms. The van der Waals surface area contributed by atoms with Crippen LogP contribution in [0, 0.1) is 5.92 Å². The van der Waals surface area contributed by atoms with Crippen molar-refractivity contribution in [1.82, 2.24) is 10.6 Å². The van der Waals surface area contributed by atoms with E-state index in [2.05, 4.69) is 15.6 Å². The molecule has 1 amide bonds. The molecule has 1 aliphatic rings. The lowest BCUT2D eigenvalue weighted by Gasteiger charge is -2.11. The Balaban J connectivity index is 1.68. The number of guanidine groups is 1. The van der Waals surface area contributed by atoms with Crippen molar-refractivity contribution < 1.29 is 9.53 Å². The third kappa shape index (κ3) is 6.03. The van der Waals surface area contributed by atoms with Crippen LogP contribution in [0.5, 0.6) is 5.75 Å². The monoisotopic (exact) mass is 304 g/mol. The van der Waals surface area contributed by atoms with Gasteiger partial charge in [-0.3, -0.25) is 9.79 Å². The zero-order valence-electron chi connectivity index (χ0n) is 13.0. The van der Waals surface area contributed by atoms with Gasteiger partial charge >= 0.3 is 0 Å². The summed E-state index contributed by atoms with van der Waals surface area (Å²) in [4.78, 5) is 14.8. The van der Waals surface area contributed by atoms with E-state index < -0.39 is 5.91 Å². The predicted octanol–water partition coefficient (Wildman–Crippen LogP) is 0.668. The van der Waals surface area contributed by atoms with Gasteiger partial charge in [0, 0.05) is 20.1 Å². The minimum atomic E-state index is -0.474. The van der Waals surface area contributed by atoms with Crippen LogP contribution in [0.4, 0.5) is 0 Å². The van der Waals surface area contributed by atoms with Crippen LogP contribution in [0.15, 0.2) is 29.3 Å². The van der Waals surface area contributed by atoms with Crippen LogP contribution in [-0.4, -0.2) is 38.6 Å². The Hall–Kier alpha value is -2.24. The lowest BCUT2D eigenvalue weighted by molar-refractivity contribution is -0.119. The van der Waals surface area contributed by atoms with Crippen molar-refractivity contribution >= 4 is 11.9 Å². The molecule has 6 heteroatoms. The van der Waals surface area contributed by atoms with E-state index in [9.17, 15) is 4.79 Å². The van der Waals surface area contributed by atoms with Crippen molar-refractivity contribution in [2.45, 2.75) is 19.3 Å². The van der Waals surface area contributed by atoms with Gasteiger partial charge in [-0.05, 0) is 42.9 Å². The Morgan fingerprint density at radius 1 is 1.32 bits per heavy atom. The van der Waals surface area contributed by atoms with E-state index in [1.807, 2.05) is 24.3 Å². The van der Waals surface area contributed by atoms with Gasteiger partial charge in [-0.2, -0.15) is 0 Å². The summed E-state index contributed by atoms with van der Waals surface area (Å²) in [6.07, 6.45) is 3.54. The van der Waals surface area contributed by atoms with E-state index in [1.54, 1.807) is 7.05 Å². The Bertz CT molecular complexity index is 509. The fraction of sp³-hybridized carbons (Fsp3) is 0.500.